The molecule has 2 aromatic rings. The summed E-state index contributed by atoms with van der Waals surface area (Å²) in [5.41, 5.74) is 9.19. The summed E-state index contributed by atoms with van der Waals surface area (Å²) in [7, 11) is 0. The van der Waals surface area contributed by atoms with Gasteiger partial charge >= 0.3 is 5.97 Å². The van der Waals surface area contributed by atoms with E-state index in [4.69, 9.17) is 10.8 Å². The third-order valence-electron chi connectivity index (χ3n) is 3.96. The fraction of sp³-hybridized carbons (Fsp3) is 0.316. The molecule has 1 atom stereocenters. The van der Waals surface area contributed by atoms with Crippen molar-refractivity contribution in [2.75, 3.05) is 6.54 Å². The monoisotopic (exact) mass is 297 g/mol. The number of aryl methyl sites for hydroxylation is 1. The summed E-state index contributed by atoms with van der Waals surface area (Å²) < 4.78 is 0. The van der Waals surface area contributed by atoms with Gasteiger partial charge in [-0.2, -0.15) is 0 Å². The average Bonchev–Trinajstić information content (AvgIpc) is 2.53. The lowest BCUT2D eigenvalue weighted by Crippen LogP contribution is -2.06. The van der Waals surface area contributed by atoms with E-state index in [2.05, 4.69) is 19.1 Å². The number of rotatable bonds is 7. The third kappa shape index (κ3) is 4.43. The molecule has 0 aliphatic carbocycles. The maximum atomic E-state index is 11.1. The van der Waals surface area contributed by atoms with Crippen LogP contribution in [0.4, 0.5) is 0 Å². The Labute approximate surface area is 131 Å². The van der Waals surface area contributed by atoms with Crippen molar-refractivity contribution >= 4 is 5.97 Å². The summed E-state index contributed by atoms with van der Waals surface area (Å²) in [5.74, 6) is -0.266. The van der Waals surface area contributed by atoms with Crippen LogP contribution in [0.1, 0.15) is 35.7 Å². The van der Waals surface area contributed by atoms with Crippen LogP contribution in [0, 0.1) is 5.92 Å². The Morgan fingerprint density at radius 2 is 1.77 bits per heavy atom. The molecule has 0 amide bonds. The first-order chi connectivity index (χ1) is 10.6. The van der Waals surface area contributed by atoms with Gasteiger partial charge in [-0.15, -0.1) is 0 Å². The summed E-state index contributed by atoms with van der Waals surface area (Å²) in [5, 5.41) is 9.10. The molecule has 0 bridgehead atoms. The zero-order valence-corrected chi connectivity index (χ0v) is 13.0. The summed E-state index contributed by atoms with van der Waals surface area (Å²) >= 11 is 0. The number of benzene rings is 2. The third-order valence-corrected chi connectivity index (χ3v) is 3.96. The van der Waals surface area contributed by atoms with Crippen LogP contribution in [-0.4, -0.2) is 17.6 Å². The van der Waals surface area contributed by atoms with Gasteiger partial charge in [0.05, 0.1) is 5.56 Å². The highest BCUT2D eigenvalue weighted by molar-refractivity contribution is 5.89. The molecule has 3 heteroatoms. The molecule has 3 nitrogen and oxygen atoms in total. The van der Waals surface area contributed by atoms with Gasteiger partial charge in [0, 0.05) is 0 Å². The second-order valence-corrected chi connectivity index (χ2v) is 5.81. The van der Waals surface area contributed by atoms with E-state index < -0.39 is 5.97 Å². The van der Waals surface area contributed by atoms with Crippen LogP contribution in [-0.2, 0) is 6.42 Å². The topological polar surface area (TPSA) is 63.3 Å². The molecule has 0 aromatic heterocycles. The Morgan fingerprint density at radius 1 is 1.09 bits per heavy atom. The highest BCUT2D eigenvalue weighted by Gasteiger charge is 2.06. The standard InChI is InChI=1S/C19H23NO2/c1-14(10-11-20)8-9-15-4-2-5-16(12-15)17-6-3-7-18(13-17)19(21)22/h2-7,12-14H,8-11,20H2,1H3,(H,21,22). The van der Waals surface area contributed by atoms with E-state index >= 15 is 0 Å². The molecular formula is C19H23NO2. The summed E-state index contributed by atoms with van der Waals surface area (Å²) in [4.78, 5) is 11.1. The van der Waals surface area contributed by atoms with Crippen molar-refractivity contribution in [3.8, 4) is 11.1 Å². The van der Waals surface area contributed by atoms with Crippen LogP contribution >= 0.6 is 0 Å². The molecule has 1 unspecified atom stereocenters. The van der Waals surface area contributed by atoms with Crippen LogP contribution in [0.3, 0.4) is 0 Å². The number of aromatic carboxylic acids is 1. The highest BCUT2D eigenvalue weighted by atomic mass is 16.4. The molecule has 116 valence electrons. The largest absolute Gasteiger partial charge is 0.478 e. The van der Waals surface area contributed by atoms with Gasteiger partial charge in [0.2, 0.25) is 0 Å². The van der Waals surface area contributed by atoms with Crippen molar-refractivity contribution in [2.24, 2.45) is 11.7 Å². The SMILES string of the molecule is CC(CCN)CCc1cccc(-c2cccc(C(=O)O)c2)c1. The van der Waals surface area contributed by atoms with Gasteiger partial charge in [-0.05, 0) is 60.5 Å². The lowest BCUT2D eigenvalue weighted by atomic mass is 9.95. The number of carboxylic acid groups (broad SMARTS) is 1. The summed E-state index contributed by atoms with van der Waals surface area (Å²) in [6.45, 7) is 2.97. The fourth-order valence-electron chi connectivity index (χ4n) is 2.58. The van der Waals surface area contributed by atoms with Gasteiger partial charge in [-0.3, -0.25) is 0 Å². The molecule has 2 aromatic carbocycles. The predicted octanol–water partition coefficient (Wildman–Crippen LogP) is 3.97. The first kappa shape index (κ1) is 16.2. The Bertz CT molecular complexity index is 637. The lowest BCUT2D eigenvalue weighted by Gasteiger charge is -2.11. The minimum Gasteiger partial charge on any atom is -0.478 e. The summed E-state index contributed by atoms with van der Waals surface area (Å²) in [6, 6.07) is 15.4. The number of hydrogen-bond acceptors (Lipinski definition) is 2. The van der Waals surface area contributed by atoms with Gasteiger partial charge < -0.3 is 10.8 Å². The predicted molar refractivity (Wildman–Crippen MR) is 90.0 cm³/mol. The van der Waals surface area contributed by atoms with Gasteiger partial charge in [-0.1, -0.05) is 43.3 Å². The van der Waals surface area contributed by atoms with Crippen molar-refractivity contribution in [2.45, 2.75) is 26.2 Å². The van der Waals surface area contributed by atoms with Crippen molar-refractivity contribution in [1.82, 2.24) is 0 Å². The smallest absolute Gasteiger partial charge is 0.335 e. The first-order valence-corrected chi connectivity index (χ1v) is 7.73. The molecule has 3 N–H and O–H groups in total. The van der Waals surface area contributed by atoms with E-state index in [0.29, 0.717) is 11.5 Å². The van der Waals surface area contributed by atoms with Crippen LogP contribution in [0.15, 0.2) is 48.5 Å². The average molecular weight is 297 g/mol. The molecule has 0 heterocycles. The van der Waals surface area contributed by atoms with Gasteiger partial charge in [-0.25, -0.2) is 4.79 Å². The molecule has 0 saturated heterocycles. The van der Waals surface area contributed by atoms with E-state index in [1.807, 2.05) is 18.2 Å². The Balaban J connectivity index is 2.14. The highest BCUT2D eigenvalue weighted by Crippen LogP contribution is 2.23. The number of carbonyl (C=O) groups is 1. The zero-order valence-electron chi connectivity index (χ0n) is 13.0. The zero-order chi connectivity index (χ0) is 15.9. The normalized spacial score (nSPS) is 12.1. The Morgan fingerprint density at radius 3 is 2.45 bits per heavy atom. The van der Waals surface area contributed by atoms with E-state index in [1.54, 1.807) is 18.2 Å². The van der Waals surface area contributed by atoms with Gasteiger partial charge in [0.1, 0.15) is 0 Å². The van der Waals surface area contributed by atoms with Crippen molar-refractivity contribution in [3.05, 3.63) is 59.7 Å². The van der Waals surface area contributed by atoms with E-state index in [1.165, 1.54) is 5.56 Å². The minimum atomic E-state index is -0.895. The lowest BCUT2D eigenvalue weighted by molar-refractivity contribution is 0.0697. The molecular weight excluding hydrogens is 274 g/mol. The number of carboxylic acids is 1. The molecule has 0 radical (unpaired) electrons. The quantitative estimate of drug-likeness (QED) is 0.812. The van der Waals surface area contributed by atoms with Gasteiger partial charge in [0.15, 0.2) is 0 Å². The van der Waals surface area contributed by atoms with E-state index in [-0.39, 0.29) is 0 Å². The maximum Gasteiger partial charge on any atom is 0.335 e. The molecule has 0 aliphatic heterocycles. The molecule has 0 fully saturated rings. The Kier molecular flexibility index (Phi) is 5.73. The molecule has 0 aliphatic rings. The van der Waals surface area contributed by atoms with E-state index in [0.717, 1.165) is 36.9 Å². The molecule has 0 saturated carbocycles. The fourth-order valence-corrected chi connectivity index (χ4v) is 2.58. The molecule has 22 heavy (non-hydrogen) atoms. The van der Waals surface area contributed by atoms with Crippen molar-refractivity contribution < 1.29 is 9.90 Å². The number of nitrogens with two attached hydrogens (primary N) is 1. The van der Waals surface area contributed by atoms with Crippen LogP contribution < -0.4 is 5.73 Å². The molecule has 0 spiro atoms. The van der Waals surface area contributed by atoms with Gasteiger partial charge in [0.25, 0.3) is 0 Å². The van der Waals surface area contributed by atoms with Crippen LogP contribution in [0.5, 0.6) is 0 Å². The second kappa shape index (κ2) is 7.76. The molecule has 2 rings (SSSR count). The maximum absolute atomic E-state index is 11.1. The number of hydrogen-bond donors (Lipinski definition) is 2. The van der Waals surface area contributed by atoms with Crippen LogP contribution in [0.2, 0.25) is 0 Å². The van der Waals surface area contributed by atoms with Crippen LogP contribution in [0.25, 0.3) is 11.1 Å². The second-order valence-electron chi connectivity index (χ2n) is 5.81. The summed E-state index contributed by atoms with van der Waals surface area (Å²) in [6.07, 6.45) is 3.20. The van der Waals surface area contributed by atoms with Crippen molar-refractivity contribution in [3.63, 3.8) is 0 Å². The minimum absolute atomic E-state index is 0.319. The Hall–Kier alpha value is -2.13. The van der Waals surface area contributed by atoms with Crippen molar-refractivity contribution in [1.29, 1.82) is 0 Å². The van der Waals surface area contributed by atoms with E-state index in [9.17, 15) is 4.79 Å². The first-order valence-electron chi connectivity index (χ1n) is 7.73.